The van der Waals surface area contributed by atoms with Crippen LogP contribution in [0.4, 0.5) is 0 Å². The lowest BCUT2D eigenvalue weighted by atomic mass is 10.1. The van der Waals surface area contributed by atoms with Crippen molar-refractivity contribution in [2.24, 2.45) is 11.7 Å². The largest absolute Gasteiger partial charge is 0.340 e. The van der Waals surface area contributed by atoms with Gasteiger partial charge < -0.3 is 15.2 Å². The van der Waals surface area contributed by atoms with Crippen molar-refractivity contribution < 1.29 is 9.32 Å². The summed E-state index contributed by atoms with van der Waals surface area (Å²) in [6.07, 6.45) is 0. The molecule has 20 heavy (non-hydrogen) atoms. The minimum Gasteiger partial charge on any atom is -0.340 e. The smallest absolute Gasteiger partial charge is 0.243 e. The zero-order chi connectivity index (χ0) is 14.7. The number of nitrogens with two attached hydrogens (primary N) is 1. The normalized spacial score (nSPS) is 19.9. The fourth-order valence-corrected chi connectivity index (χ4v) is 2.38. The van der Waals surface area contributed by atoms with Crippen LogP contribution in [0.25, 0.3) is 0 Å². The molecule has 0 aliphatic carbocycles. The highest BCUT2D eigenvalue weighted by Gasteiger charge is 2.28. The Bertz CT molecular complexity index is 453. The third-order valence-electron chi connectivity index (χ3n) is 3.85. The lowest BCUT2D eigenvalue weighted by molar-refractivity contribution is -0.136. The average Bonchev–Trinajstić information content (AvgIpc) is 2.91. The topological polar surface area (TPSA) is 88.5 Å². The number of nitrogens with zero attached hydrogens (tertiary/aromatic N) is 4. The van der Waals surface area contributed by atoms with Crippen LogP contribution in [-0.4, -0.2) is 58.6 Å². The van der Waals surface area contributed by atoms with E-state index in [0.717, 1.165) is 26.2 Å². The number of piperazine rings is 1. The zero-order valence-corrected chi connectivity index (χ0v) is 12.4. The first-order chi connectivity index (χ1) is 9.52. The number of hydrogen-bond acceptors (Lipinski definition) is 6. The number of aromatic nitrogens is 2. The number of rotatable bonds is 4. The third-order valence-corrected chi connectivity index (χ3v) is 3.85. The molecule has 1 fully saturated rings. The first-order valence-electron chi connectivity index (χ1n) is 7.06. The summed E-state index contributed by atoms with van der Waals surface area (Å²) in [4.78, 5) is 20.5. The van der Waals surface area contributed by atoms with Gasteiger partial charge in [-0.1, -0.05) is 12.1 Å². The van der Waals surface area contributed by atoms with Crippen molar-refractivity contribution in [1.82, 2.24) is 19.9 Å². The lowest BCUT2D eigenvalue weighted by Gasteiger charge is -2.37. The molecule has 2 rings (SSSR count). The second-order valence-electron chi connectivity index (χ2n) is 5.35. The lowest BCUT2D eigenvalue weighted by Crippen LogP contribution is -2.51. The molecule has 1 aliphatic rings. The van der Waals surface area contributed by atoms with E-state index < -0.39 is 0 Å². The van der Waals surface area contributed by atoms with Crippen molar-refractivity contribution in [2.75, 3.05) is 32.7 Å². The van der Waals surface area contributed by atoms with Gasteiger partial charge in [0.25, 0.3) is 0 Å². The van der Waals surface area contributed by atoms with E-state index in [0.29, 0.717) is 18.3 Å². The van der Waals surface area contributed by atoms with Crippen LogP contribution in [0.1, 0.15) is 31.6 Å². The summed E-state index contributed by atoms with van der Waals surface area (Å²) < 4.78 is 5.21. The van der Waals surface area contributed by atoms with E-state index >= 15 is 0 Å². The summed E-state index contributed by atoms with van der Waals surface area (Å²) in [5, 5.41) is 3.82. The Morgan fingerprint density at radius 2 is 2.00 bits per heavy atom. The molecule has 2 atom stereocenters. The van der Waals surface area contributed by atoms with Crippen molar-refractivity contribution in [1.29, 1.82) is 0 Å². The van der Waals surface area contributed by atoms with Gasteiger partial charge in [0, 0.05) is 38.6 Å². The zero-order valence-electron chi connectivity index (χ0n) is 12.4. The molecule has 0 bridgehead atoms. The fourth-order valence-electron chi connectivity index (χ4n) is 2.38. The molecule has 7 nitrogen and oxygen atoms in total. The summed E-state index contributed by atoms with van der Waals surface area (Å²) in [6.45, 7) is 9.20. The second-order valence-corrected chi connectivity index (χ2v) is 5.35. The molecule has 1 aromatic rings. The molecule has 2 heterocycles. The summed E-state index contributed by atoms with van der Waals surface area (Å²) in [7, 11) is 0. The summed E-state index contributed by atoms with van der Waals surface area (Å²) >= 11 is 0. The number of hydrogen-bond donors (Lipinski definition) is 1. The summed E-state index contributed by atoms with van der Waals surface area (Å²) in [5.74, 6) is 1.33. The van der Waals surface area contributed by atoms with Gasteiger partial charge in [0.1, 0.15) is 0 Å². The van der Waals surface area contributed by atoms with Gasteiger partial charge in [0.15, 0.2) is 5.82 Å². The van der Waals surface area contributed by atoms with Crippen molar-refractivity contribution in [3.8, 4) is 0 Å². The molecule has 0 aromatic carbocycles. The van der Waals surface area contributed by atoms with E-state index in [1.165, 1.54) is 0 Å². The molecular formula is C13H23N5O2. The second kappa shape index (κ2) is 6.32. The van der Waals surface area contributed by atoms with Crippen LogP contribution in [-0.2, 0) is 4.79 Å². The van der Waals surface area contributed by atoms with E-state index in [-0.39, 0.29) is 17.9 Å². The molecule has 1 saturated heterocycles. The molecular weight excluding hydrogens is 258 g/mol. The Morgan fingerprint density at radius 1 is 1.35 bits per heavy atom. The maximum Gasteiger partial charge on any atom is 0.243 e. The van der Waals surface area contributed by atoms with Crippen molar-refractivity contribution in [3.63, 3.8) is 0 Å². The highest BCUT2D eigenvalue weighted by atomic mass is 16.5. The highest BCUT2D eigenvalue weighted by molar-refractivity contribution is 5.78. The number of aryl methyl sites for hydroxylation is 1. The standard InChI is InChI=1S/C13H23N5O2/c1-9(8-14)13(19)18-6-4-17(5-7-18)10(2)12-15-11(3)16-20-12/h9-10H,4-8,14H2,1-3H3. The van der Waals surface area contributed by atoms with Crippen LogP contribution in [0.5, 0.6) is 0 Å². The van der Waals surface area contributed by atoms with Crippen LogP contribution in [0.3, 0.4) is 0 Å². The molecule has 1 aromatic heterocycles. The average molecular weight is 281 g/mol. The van der Waals surface area contributed by atoms with Crippen LogP contribution in [0.2, 0.25) is 0 Å². The van der Waals surface area contributed by atoms with Crippen molar-refractivity contribution in [2.45, 2.75) is 26.8 Å². The minimum atomic E-state index is -0.0995. The van der Waals surface area contributed by atoms with Gasteiger partial charge in [-0.15, -0.1) is 0 Å². The molecule has 0 radical (unpaired) electrons. The molecule has 2 unspecified atom stereocenters. The van der Waals surface area contributed by atoms with Crippen molar-refractivity contribution >= 4 is 5.91 Å². The third kappa shape index (κ3) is 3.16. The Balaban J connectivity index is 1.89. The molecule has 1 amide bonds. The molecule has 2 N–H and O–H groups in total. The van der Waals surface area contributed by atoms with E-state index in [1.807, 2.05) is 25.7 Å². The van der Waals surface area contributed by atoms with Crippen LogP contribution in [0.15, 0.2) is 4.52 Å². The van der Waals surface area contributed by atoms with E-state index in [1.54, 1.807) is 0 Å². The van der Waals surface area contributed by atoms with Crippen molar-refractivity contribution in [3.05, 3.63) is 11.7 Å². The number of amides is 1. The fraction of sp³-hybridized carbons (Fsp3) is 0.769. The van der Waals surface area contributed by atoms with Gasteiger partial charge in [-0.2, -0.15) is 4.98 Å². The maximum absolute atomic E-state index is 12.1. The van der Waals surface area contributed by atoms with E-state index in [4.69, 9.17) is 10.3 Å². The Hall–Kier alpha value is -1.47. The Morgan fingerprint density at radius 3 is 2.50 bits per heavy atom. The van der Waals surface area contributed by atoms with Gasteiger partial charge >= 0.3 is 0 Å². The van der Waals surface area contributed by atoms with Gasteiger partial charge in [-0.3, -0.25) is 9.69 Å². The first-order valence-corrected chi connectivity index (χ1v) is 7.06. The monoisotopic (exact) mass is 281 g/mol. The van der Waals surface area contributed by atoms with Gasteiger partial charge in [-0.25, -0.2) is 0 Å². The SMILES string of the molecule is Cc1noc(C(C)N2CCN(C(=O)C(C)CN)CC2)n1. The molecule has 0 spiro atoms. The van der Waals surface area contributed by atoms with Gasteiger partial charge in [-0.05, 0) is 13.8 Å². The quantitative estimate of drug-likeness (QED) is 0.847. The van der Waals surface area contributed by atoms with Gasteiger partial charge in [0.2, 0.25) is 11.8 Å². The van der Waals surface area contributed by atoms with E-state index in [9.17, 15) is 4.79 Å². The number of carbonyl (C=O) groups is 1. The van der Waals surface area contributed by atoms with Gasteiger partial charge in [0.05, 0.1) is 6.04 Å². The van der Waals surface area contributed by atoms with Crippen LogP contribution >= 0.6 is 0 Å². The maximum atomic E-state index is 12.1. The molecule has 0 saturated carbocycles. The van der Waals surface area contributed by atoms with Crippen LogP contribution < -0.4 is 5.73 Å². The van der Waals surface area contributed by atoms with Crippen LogP contribution in [0, 0.1) is 12.8 Å². The summed E-state index contributed by atoms with van der Waals surface area (Å²) in [6, 6.07) is 0.0837. The molecule has 1 aliphatic heterocycles. The van der Waals surface area contributed by atoms with E-state index in [2.05, 4.69) is 15.0 Å². The highest BCUT2D eigenvalue weighted by Crippen LogP contribution is 2.20. The number of carbonyl (C=O) groups excluding carboxylic acids is 1. The predicted molar refractivity (Wildman–Crippen MR) is 73.8 cm³/mol. The predicted octanol–water partition coefficient (Wildman–Crippen LogP) is 0.178. The Labute approximate surface area is 119 Å². The summed E-state index contributed by atoms with van der Waals surface area (Å²) in [5.41, 5.74) is 5.55. The first kappa shape index (κ1) is 14.9. The Kier molecular flexibility index (Phi) is 4.72. The minimum absolute atomic E-state index is 0.0837. The molecule has 112 valence electrons. The molecule has 7 heteroatoms.